The molecule has 0 amide bonds. The summed E-state index contributed by atoms with van der Waals surface area (Å²) in [6, 6.07) is 3.21. The molecule has 0 bridgehead atoms. The van der Waals surface area contributed by atoms with Crippen LogP contribution in [0.25, 0.3) is 0 Å². The molecule has 0 saturated carbocycles. The average molecular weight is 161 g/mol. The van der Waals surface area contributed by atoms with Gasteiger partial charge in [0.15, 0.2) is 0 Å². The molecule has 4 nitrogen and oxygen atoms in total. The Balaban J connectivity index is 3.54. The summed E-state index contributed by atoms with van der Waals surface area (Å²) < 4.78 is 16.8. The van der Waals surface area contributed by atoms with Crippen molar-refractivity contribution in [2.75, 3.05) is 0 Å². The molecule has 5 heteroatoms. The van der Waals surface area contributed by atoms with Crippen LogP contribution in [0.15, 0.2) is 4.42 Å². The van der Waals surface area contributed by atoms with Gasteiger partial charge in [-0.3, -0.25) is 0 Å². The van der Waals surface area contributed by atoms with Gasteiger partial charge in [0.2, 0.25) is 5.76 Å². The Morgan fingerprint density at radius 1 is 1.00 bits per heavy atom. The molecule has 0 saturated heterocycles. The number of halogens is 1. The maximum Gasteiger partial charge on any atom is 0.298 e. The first-order valence-electron chi connectivity index (χ1n) is 2.77. The van der Waals surface area contributed by atoms with Crippen molar-refractivity contribution in [3.8, 4) is 18.2 Å². The minimum Gasteiger partial charge on any atom is -0.418 e. The third kappa shape index (κ3) is 0.885. The van der Waals surface area contributed by atoms with Gasteiger partial charge >= 0.3 is 0 Å². The van der Waals surface area contributed by atoms with Gasteiger partial charge in [0.05, 0.1) is 0 Å². The molecule has 56 valence electrons. The van der Waals surface area contributed by atoms with E-state index in [4.69, 9.17) is 15.8 Å². The number of rotatable bonds is 0. The number of hydrogen-bond donors (Lipinski definition) is 0. The average Bonchev–Trinajstić information content (AvgIpc) is 2.40. The largest absolute Gasteiger partial charge is 0.418 e. The summed E-state index contributed by atoms with van der Waals surface area (Å²) in [5.74, 6) is -0.466. The molecule has 0 N–H and O–H groups in total. The maximum atomic E-state index is 12.6. The smallest absolute Gasteiger partial charge is 0.298 e. The Hall–Kier alpha value is -2.32. The lowest BCUT2D eigenvalue weighted by Gasteiger charge is -1.76. The number of furan rings is 1. The number of hydrogen-bond acceptors (Lipinski definition) is 4. The minimum absolute atomic E-state index is 0.350. The third-order valence-corrected chi connectivity index (χ3v) is 1.19. The van der Waals surface area contributed by atoms with E-state index >= 15 is 0 Å². The summed E-state index contributed by atoms with van der Waals surface area (Å²) in [4.78, 5) is 0. The summed E-state index contributed by atoms with van der Waals surface area (Å²) in [5.41, 5.74) is -0.869. The van der Waals surface area contributed by atoms with Crippen LogP contribution in [0.5, 0.6) is 0 Å². The highest BCUT2D eigenvalue weighted by Crippen LogP contribution is 2.18. The van der Waals surface area contributed by atoms with Gasteiger partial charge in [0.25, 0.3) is 6.01 Å². The molecule has 0 radical (unpaired) electrons. The topological polar surface area (TPSA) is 84.5 Å². The predicted octanol–water partition coefficient (Wildman–Crippen LogP) is 1.03. The van der Waals surface area contributed by atoms with E-state index < -0.39 is 17.3 Å². The molecule has 0 unspecified atom stereocenters. The van der Waals surface area contributed by atoms with Crippen LogP contribution in [-0.2, 0) is 0 Å². The van der Waals surface area contributed by atoms with Gasteiger partial charge in [-0.05, 0) is 0 Å². The highest BCUT2D eigenvalue weighted by atomic mass is 19.1. The molecule has 0 aromatic carbocycles. The standard InChI is InChI=1S/C7FN3O/c8-7-5(2-10)4(1-9)6(3-11)12-7. The Morgan fingerprint density at radius 3 is 2.00 bits per heavy atom. The van der Waals surface area contributed by atoms with Gasteiger partial charge in [-0.15, -0.1) is 0 Å². The lowest BCUT2D eigenvalue weighted by Crippen LogP contribution is -1.80. The van der Waals surface area contributed by atoms with Crippen LogP contribution in [0.3, 0.4) is 0 Å². The van der Waals surface area contributed by atoms with E-state index in [2.05, 4.69) is 4.42 Å². The van der Waals surface area contributed by atoms with E-state index in [1.807, 2.05) is 0 Å². The van der Waals surface area contributed by atoms with Crippen LogP contribution in [0.4, 0.5) is 4.39 Å². The van der Waals surface area contributed by atoms with E-state index in [9.17, 15) is 4.39 Å². The molecule has 0 aliphatic heterocycles. The zero-order chi connectivity index (χ0) is 9.14. The highest BCUT2D eigenvalue weighted by molar-refractivity contribution is 5.50. The summed E-state index contributed by atoms with van der Waals surface area (Å²) in [6.07, 6.45) is 0. The van der Waals surface area contributed by atoms with Crippen molar-refractivity contribution >= 4 is 0 Å². The zero-order valence-electron chi connectivity index (χ0n) is 5.63. The fourth-order valence-corrected chi connectivity index (χ4v) is 0.689. The number of nitrogens with zero attached hydrogens (tertiary/aromatic N) is 3. The van der Waals surface area contributed by atoms with Crippen molar-refractivity contribution in [1.82, 2.24) is 0 Å². The fourth-order valence-electron chi connectivity index (χ4n) is 0.689. The van der Waals surface area contributed by atoms with E-state index in [1.54, 1.807) is 0 Å². The predicted molar refractivity (Wildman–Crippen MR) is 32.8 cm³/mol. The highest BCUT2D eigenvalue weighted by Gasteiger charge is 2.19. The van der Waals surface area contributed by atoms with E-state index in [-0.39, 0.29) is 5.56 Å². The van der Waals surface area contributed by atoms with Crippen LogP contribution in [0, 0.1) is 40.0 Å². The monoisotopic (exact) mass is 161 g/mol. The summed E-state index contributed by atoms with van der Waals surface area (Å²) in [7, 11) is 0. The van der Waals surface area contributed by atoms with Crippen LogP contribution in [0.2, 0.25) is 0 Å². The van der Waals surface area contributed by atoms with Crippen molar-refractivity contribution in [3.63, 3.8) is 0 Å². The first-order chi connectivity index (χ1) is 5.74. The normalized spacial score (nSPS) is 8.17. The van der Waals surface area contributed by atoms with E-state index in [1.165, 1.54) is 18.2 Å². The third-order valence-electron chi connectivity index (χ3n) is 1.19. The Kier molecular flexibility index (Phi) is 1.77. The molecule has 1 aromatic heterocycles. The molecule has 1 aromatic rings. The molecule has 0 spiro atoms. The van der Waals surface area contributed by atoms with E-state index in [0.29, 0.717) is 0 Å². The SMILES string of the molecule is N#Cc1oc(F)c(C#N)c1C#N. The number of nitriles is 3. The van der Waals surface area contributed by atoms with Crippen LogP contribution < -0.4 is 0 Å². The lowest BCUT2D eigenvalue weighted by atomic mass is 10.2. The van der Waals surface area contributed by atoms with Crippen LogP contribution in [-0.4, -0.2) is 0 Å². The van der Waals surface area contributed by atoms with Gasteiger partial charge < -0.3 is 4.42 Å². The molecule has 12 heavy (non-hydrogen) atoms. The molecule has 0 atom stereocenters. The maximum absolute atomic E-state index is 12.6. The van der Waals surface area contributed by atoms with Crippen molar-refractivity contribution < 1.29 is 8.81 Å². The Morgan fingerprint density at radius 2 is 1.58 bits per heavy atom. The molecule has 0 aliphatic rings. The fraction of sp³-hybridized carbons (Fsp3) is 0. The second-order valence-electron chi connectivity index (χ2n) is 1.79. The van der Waals surface area contributed by atoms with Gasteiger partial charge in [-0.25, -0.2) is 0 Å². The van der Waals surface area contributed by atoms with Gasteiger partial charge in [-0.1, -0.05) is 0 Å². The first-order valence-corrected chi connectivity index (χ1v) is 2.77. The molecule has 0 fully saturated rings. The van der Waals surface area contributed by atoms with Crippen LogP contribution in [0.1, 0.15) is 16.9 Å². The van der Waals surface area contributed by atoms with Gasteiger partial charge in [-0.2, -0.15) is 20.2 Å². The van der Waals surface area contributed by atoms with Gasteiger partial charge in [0.1, 0.15) is 29.3 Å². The zero-order valence-corrected chi connectivity index (χ0v) is 5.63. The molecule has 0 aliphatic carbocycles. The van der Waals surface area contributed by atoms with Crippen molar-refractivity contribution in [2.45, 2.75) is 0 Å². The van der Waals surface area contributed by atoms with Gasteiger partial charge in [0, 0.05) is 0 Å². The first kappa shape index (κ1) is 7.78. The van der Waals surface area contributed by atoms with E-state index in [0.717, 1.165) is 0 Å². The molecular formula is C7FN3O. The molecule has 1 rings (SSSR count). The minimum atomic E-state index is -1.19. The Labute approximate surface area is 66.7 Å². The summed E-state index contributed by atoms with van der Waals surface area (Å²) in [5, 5.41) is 25.0. The second kappa shape index (κ2) is 2.74. The van der Waals surface area contributed by atoms with Crippen molar-refractivity contribution in [2.24, 2.45) is 0 Å². The van der Waals surface area contributed by atoms with Crippen LogP contribution >= 0.6 is 0 Å². The summed E-state index contributed by atoms with van der Waals surface area (Å²) >= 11 is 0. The molecule has 1 heterocycles. The van der Waals surface area contributed by atoms with Crippen molar-refractivity contribution in [3.05, 3.63) is 22.9 Å². The van der Waals surface area contributed by atoms with Crippen molar-refractivity contribution in [1.29, 1.82) is 15.8 Å². The lowest BCUT2D eigenvalue weighted by molar-refractivity contribution is 0.351. The quantitative estimate of drug-likeness (QED) is 0.568. The second-order valence-corrected chi connectivity index (χ2v) is 1.79. The Bertz CT molecular complexity index is 441. The summed E-state index contributed by atoms with van der Waals surface area (Å²) in [6.45, 7) is 0. The molecular weight excluding hydrogens is 161 g/mol.